The molecule has 2 N–H and O–H groups in total. The van der Waals surface area contributed by atoms with Crippen LogP contribution in [0.5, 0.6) is 0 Å². The Balaban J connectivity index is 0.00000182. The predicted octanol–water partition coefficient (Wildman–Crippen LogP) is 3.75. The molecule has 0 spiro atoms. The van der Waals surface area contributed by atoms with Gasteiger partial charge >= 0.3 is 5.97 Å². The Morgan fingerprint density at radius 2 is 1.92 bits per heavy atom. The zero-order valence-corrected chi connectivity index (χ0v) is 15.2. The fourth-order valence-corrected chi connectivity index (χ4v) is 4.62. The van der Waals surface area contributed by atoms with Gasteiger partial charge in [0, 0.05) is 10.6 Å². The quantitative estimate of drug-likeness (QED) is 0.704. The molecular weight excluding hydrogens is 383 g/mol. The maximum atomic E-state index is 11.6. The van der Waals surface area contributed by atoms with E-state index in [0.717, 1.165) is 11.0 Å². The lowest BCUT2D eigenvalue weighted by Gasteiger charge is -2.31. The van der Waals surface area contributed by atoms with E-state index < -0.39 is 16.9 Å². The minimum atomic E-state index is -1.50. The standard InChI is InChI=1S/C17H13ClN2O3S.ClH/c18-11-7-5-10(6-8-11)17(23)14(9-15(21)22)24-16-19-12-3-1-2-4-13(12)20(16)17;/h1-8,14,23H,9H2,(H,21,22);1H. The number of benzene rings is 2. The van der Waals surface area contributed by atoms with Crippen molar-refractivity contribution in [2.45, 2.75) is 22.6 Å². The van der Waals surface area contributed by atoms with Crippen LogP contribution in [0.3, 0.4) is 0 Å². The van der Waals surface area contributed by atoms with Crippen LogP contribution in [0.25, 0.3) is 11.0 Å². The Labute approximate surface area is 159 Å². The van der Waals surface area contributed by atoms with Crippen LogP contribution in [-0.2, 0) is 10.5 Å². The highest BCUT2D eigenvalue weighted by Gasteiger charge is 2.50. The molecule has 2 atom stereocenters. The third kappa shape index (κ3) is 2.79. The highest BCUT2D eigenvalue weighted by Crippen LogP contribution is 2.49. The Hall–Kier alpha value is -1.73. The SMILES string of the molecule is Cl.O=C(O)CC1Sc2nc3ccccc3n2C1(O)c1ccc(Cl)cc1. The molecule has 2 aromatic carbocycles. The van der Waals surface area contributed by atoms with Crippen LogP contribution in [0.1, 0.15) is 12.0 Å². The predicted molar refractivity (Wildman–Crippen MR) is 99.6 cm³/mol. The fraction of sp³-hybridized carbons (Fsp3) is 0.176. The van der Waals surface area contributed by atoms with Crippen molar-refractivity contribution in [3.63, 3.8) is 0 Å². The third-order valence-corrected chi connectivity index (χ3v) is 5.71. The second kappa shape index (κ2) is 6.53. The summed E-state index contributed by atoms with van der Waals surface area (Å²) in [6.45, 7) is 0. The fourth-order valence-electron chi connectivity index (χ4n) is 3.12. The minimum absolute atomic E-state index is 0. The minimum Gasteiger partial charge on any atom is -0.481 e. The summed E-state index contributed by atoms with van der Waals surface area (Å²) in [7, 11) is 0. The molecule has 1 aliphatic heterocycles. The molecule has 0 saturated carbocycles. The molecule has 8 heteroatoms. The molecule has 0 fully saturated rings. The Kier molecular flexibility index (Phi) is 4.72. The number of hydrogen-bond donors (Lipinski definition) is 2. The van der Waals surface area contributed by atoms with Crippen molar-refractivity contribution in [2.24, 2.45) is 0 Å². The summed E-state index contributed by atoms with van der Waals surface area (Å²) in [5.41, 5.74) is 0.623. The van der Waals surface area contributed by atoms with Crippen molar-refractivity contribution in [1.29, 1.82) is 0 Å². The summed E-state index contributed by atoms with van der Waals surface area (Å²) in [6.07, 6.45) is -0.179. The third-order valence-electron chi connectivity index (χ3n) is 4.20. The van der Waals surface area contributed by atoms with Gasteiger partial charge in [-0.25, -0.2) is 4.98 Å². The Bertz CT molecular complexity index is 945. The largest absolute Gasteiger partial charge is 0.481 e. The Morgan fingerprint density at radius 3 is 2.60 bits per heavy atom. The number of nitrogens with zero attached hydrogens (tertiary/aromatic N) is 2. The highest BCUT2D eigenvalue weighted by atomic mass is 35.5. The van der Waals surface area contributed by atoms with Crippen LogP contribution in [0.15, 0.2) is 53.7 Å². The van der Waals surface area contributed by atoms with E-state index in [0.29, 0.717) is 15.7 Å². The highest BCUT2D eigenvalue weighted by molar-refractivity contribution is 8.00. The average molecular weight is 397 g/mol. The molecule has 5 nitrogen and oxygen atoms in total. The first-order valence-corrected chi connectivity index (χ1v) is 8.60. The van der Waals surface area contributed by atoms with Gasteiger partial charge in [0.25, 0.3) is 0 Å². The first-order chi connectivity index (χ1) is 11.5. The van der Waals surface area contributed by atoms with Gasteiger partial charge in [-0.1, -0.05) is 47.6 Å². The van der Waals surface area contributed by atoms with E-state index in [-0.39, 0.29) is 18.8 Å². The summed E-state index contributed by atoms with van der Waals surface area (Å²) in [5, 5.41) is 21.4. The van der Waals surface area contributed by atoms with Crippen molar-refractivity contribution in [2.75, 3.05) is 0 Å². The molecule has 0 saturated heterocycles. The lowest BCUT2D eigenvalue weighted by molar-refractivity contribution is -0.138. The molecule has 25 heavy (non-hydrogen) atoms. The summed E-state index contributed by atoms with van der Waals surface area (Å²) >= 11 is 7.24. The normalized spacial score (nSPS) is 21.8. The van der Waals surface area contributed by atoms with Gasteiger partial charge in [-0.05, 0) is 24.3 Å². The molecule has 2 unspecified atom stereocenters. The average Bonchev–Trinajstić information content (AvgIpc) is 3.03. The molecule has 0 bridgehead atoms. The first-order valence-electron chi connectivity index (χ1n) is 7.35. The lowest BCUT2D eigenvalue weighted by Crippen LogP contribution is -2.41. The van der Waals surface area contributed by atoms with Crippen molar-refractivity contribution in [1.82, 2.24) is 9.55 Å². The van der Waals surface area contributed by atoms with Gasteiger partial charge < -0.3 is 10.2 Å². The number of aliphatic hydroxyl groups is 1. The second-order valence-electron chi connectivity index (χ2n) is 5.66. The van der Waals surface area contributed by atoms with E-state index in [9.17, 15) is 15.0 Å². The molecule has 3 aromatic rings. The topological polar surface area (TPSA) is 75.3 Å². The zero-order valence-electron chi connectivity index (χ0n) is 12.8. The van der Waals surface area contributed by atoms with Crippen LogP contribution in [0.4, 0.5) is 0 Å². The van der Waals surface area contributed by atoms with Crippen molar-refractivity contribution in [3.8, 4) is 0 Å². The number of carboxylic acids is 1. The molecule has 1 aromatic heterocycles. The molecule has 0 aliphatic carbocycles. The summed E-state index contributed by atoms with van der Waals surface area (Å²) < 4.78 is 1.73. The number of halogens is 2. The summed E-state index contributed by atoms with van der Waals surface area (Å²) in [6, 6.07) is 14.3. The van der Waals surface area contributed by atoms with Gasteiger partial charge in [-0.2, -0.15) is 0 Å². The number of imidazole rings is 1. The van der Waals surface area contributed by atoms with E-state index in [1.54, 1.807) is 28.8 Å². The zero-order chi connectivity index (χ0) is 16.9. The van der Waals surface area contributed by atoms with E-state index in [2.05, 4.69) is 4.98 Å². The maximum absolute atomic E-state index is 11.6. The first kappa shape index (κ1) is 18.1. The van der Waals surface area contributed by atoms with Crippen LogP contribution in [-0.4, -0.2) is 31.0 Å². The summed E-state index contributed by atoms with van der Waals surface area (Å²) in [5.74, 6) is -0.963. The van der Waals surface area contributed by atoms with Crippen LogP contribution < -0.4 is 0 Å². The molecule has 0 amide bonds. The van der Waals surface area contributed by atoms with E-state index in [4.69, 9.17) is 11.6 Å². The molecule has 4 rings (SSSR count). The lowest BCUT2D eigenvalue weighted by atomic mass is 9.96. The van der Waals surface area contributed by atoms with Crippen LogP contribution in [0, 0.1) is 0 Å². The number of hydrogen-bond acceptors (Lipinski definition) is 4. The molecule has 130 valence electrons. The number of thioether (sulfide) groups is 1. The molecule has 1 aliphatic rings. The van der Waals surface area contributed by atoms with Gasteiger partial charge in [0.05, 0.1) is 22.7 Å². The number of carbonyl (C=O) groups is 1. The van der Waals surface area contributed by atoms with Gasteiger partial charge in [-0.15, -0.1) is 12.4 Å². The van der Waals surface area contributed by atoms with Crippen molar-refractivity contribution < 1.29 is 15.0 Å². The van der Waals surface area contributed by atoms with E-state index >= 15 is 0 Å². The molecule has 2 heterocycles. The number of aromatic nitrogens is 2. The second-order valence-corrected chi connectivity index (χ2v) is 7.26. The summed E-state index contributed by atoms with van der Waals surface area (Å²) in [4.78, 5) is 15.8. The number of aliphatic carboxylic acids is 1. The van der Waals surface area contributed by atoms with E-state index in [1.807, 2.05) is 24.3 Å². The number of carboxylic acid groups (broad SMARTS) is 1. The monoisotopic (exact) mass is 396 g/mol. The molecular formula is C17H14Cl2N2O3S. The van der Waals surface area contributed by atoms with Gasteiger partial charge in [-0.3, -0.25) is 9.36 Å². The maximum Gasteiger partial charge on any atom is 0.304 e. The number of rotatable bonds is 3. The smallest absolute Gasteiger partial charge is 0.304 e. The van der Waals surface area contributed by atoms with Gasteiger partial charge in [0.15, 0.2) is 10.9 Å². The van der Waals surface area contributed by atoms with Crippen molar-refractivity contribution >= 4 is 52.8 Å². The van der Waals surface area contributed by atoms with Crippen molar-refractivity contribution in [3.05, 3.63) is 59.1 Å². The van der Waals surface area contributed by atoms with Gasteiger partial charge in [0.2, 0.25) is 0 Å². The van der Waals surface area contributed by atoms with E-state index in [1.165, 1.54) is 11.8 Å². The molecule has 0 radical (unpaired) electrons. The van der Waals surface area contributed by atoms with Crippen LogP contribution >= 0.6 is 35.8 Å². The van der Waals surface area contributed by atoms with Gasteiger partial charge in [0.1, 0.15) is 0 Å². The van der Waals surface area contributed by atoms with Crippen LogP contribution in [0.2, 0.25) is 5.02 Å². The number of para-hydroxylation sites is 2. The number of fused-ring (bicyclic) bond motifs is 3. The Morgan fingerprint density at radius 1 is 1.24 bits per heavy atom.